The van der Waals surface area contributed by atoms with Crippen molar-refractivity contribution in [3.8, 4) is 11.3 Å². The van der Waals surface area contributed by atoms with Gasteiger partial charge in [0, 0.05) is 28.6 Å². The van der Waals surface area contributed by atoms with E-state index in [1.807, 2.05) is 19.9 Å². The highest BCUT2D eigenvalue weighted by Gasteiger charge is 2.19. The van der Waals surface area contributed by atoms with Crippen molar-refractivity contribution in [1.82, 2.24) is 9.38 Å². The van der Waals surface area contributed by atoms with E-state index in [2.05, 4.69) is 5.32 Å². The van der Waals surface area contributed by atoms with Crippen LogP contribution in [0.1, 0.15) is 40.0 Å². The third-order valence-corrected chi connectivity index (χ3v) is 5.43. The van der Waals surface area contributed by atoms with E-state index in [0.717, 1.165) is 11.1 Å². The number of aromatic nitrogens is 2. The van der Waals surface area contributed by atoms with Crippen molar-refractivity contribution in [1.29, 1.82) is 0 Å². The lowest BCUT2D eigenvalue weighted by molar-refractivity contribution is 0.0698. The zero-order chi connectivity index (χ0) is 23.0. The second-order valence-corrected chi connectivity index (χ2v) is 7.78. The number of carboxylic acids is 1. The van der Waals surface area contributed by atoms with E-state index in [-0.39, 0.29) is 23.0 Å². The fourth-order valence-electron chi connectivity index (χ4n) is 3.81. The largest absolute Gasteiger partial charge is 0.478 e. The Morgan fingerprint density at radius 1 is 1.12 bits per heavy atom. The molecule has 2 N–H and O–H groups in total. The second kappa shape index (κ2) is 8.26. The quantitative estimate of drug-likeness (QED) is 0.465. The number of carbonyl (C=O) groups is 1. The first-order chi connectivity index (χ1) is 15.3. The Balaban J connectivity index is 1.89. The summed E-state index contributed by atoms with van der Waals surface area (Å²) in [6.45, 7) is 5.47. The standard InChI is InChI=1S/C25H22FN3O3/c1-14-12-20(16(3)27-21-7-5-4-6-19(21)25(31)32)23-28-22(15(2)24(30)29(23)13-14)17-8-10-18(26)11-9-17/h4-13,16,27H,1-3H3,(H,31,32). The van der Waals surface area contributed by atoms with Gasteiger partial charge in [0.2, 0.25) is 0 Å². The van der Waals surface area contributed by atoms with Crippen LogP contribution in [0.15, 0.2) is 65.6 Å². The van der Waals surface area contributed by atoms with Gasteiger partial charge in [-0.1, -0.05) is 12.1 Å². The minimum Gasteiger partial charge on any atom is -0.478 e. The lowest BCUT2D eigenvalue weighted by Gasteiger charge is -2.20. The summed E-state index contributed by atoms with van der Waals surface area (Å²) in [5.41, 5.74) is 4.07. The van der Waals surface area contributed by atoms with Gasteiger partial charge in [-0.05, 0) is 68.8 Å². The second-order valence-electron chi connectivity index (χ2n) is 7.78. The van der Waals surface area contributed by atoms with Gasteiger partial charge >= 0.3 is 5.97 Å². The van der Waals surface area contributed by atoms with Crippen LogP contribution < -0.4 is 10.9 Å². The van der Waals surface area contributed by atoms with Crippen LogP contribution in [0.2, 0.25) is 0 Å². The molecule has 7 heteroatoms. The Hall–Kier alpha value is -4.00. The predicted octanol–water partition coefficient (Wildman–Crippen LogP) is 4.99. The molecule has 2 aromatic carbocycles. The summed E-state index contributed by atoms with van der Waals surface area (Å²) in [5, 5.41) is 12.7. The van der Waals surface area contributed by atoms with Gasteiger partial charge in [0.1, 0.15) is 11.5 Å². The number of nitrogens with one attached hydrogen (secondary N) is 1. The maximum Gasteiger partial charge on any atom is 0.337 e. The fourth-order valence-corrected chi connectivity index (χ4v) is 3.81. The van der Waals surface area contributed by atoms with E-state index in [9.17, 15) is 19.1 Å². The average Bonchev–Trinajstić information content (AvgIpc) is 2.77. The molecule has 0 aliphatic heterocycles. The third-order valence-electron chi connectivity index (χ3n) is 5.43. The van der Waals surface area contributed by atoms with Crippen molar-refractivity contribution in [2.75, 3.05) is 5.32 Å². The number of benzene rings is 2. The predicted molar refractivity (Wildman–Crippen MR) is 122 cm³/mol. The van der Waals surface area contributed by atoms with Crippen molar-refractivity contribution in [2.24, 2.45) is 0 Å². The molecule has 6 nitrogen and oxygen atoms in total. The minimum atomic E-state index is -1.03. The third kappa shape index (κ3) is 3.85. The van der Waals surface area contributed by atoms with Crippen molar-refractivity contribution < 1.29 is 14.3 Å². The Labute approximate surface area is 184 Å². The number of nitrogens with zero attached hydrogens (tertiary/aromatic N) is 2. The first-order valence-corrected chi connectivity index (χ1v) is 10.1. The summed E-state index contributed by atoms with van der Waals surface area (Å²) in [6.07, 6.45) is 1.73. The maximum atomic E-state index is 13.4. The lowest BCUT2D eigenvalue weighted by atomic mass is 10.0. The first-order valence-electron chi connectivity index (χ1n) is 10.1. The van der Waals surface area contributed by atoms with Crippen molar-refractivity contribution in [3.05, 3.63) is 99.2 Å². The molecule has 4 rings (SSSR count). The SMILES string of the molecule is Cc1cc(C(C)Nc2ccccc2C(=O)O)c2nc(-c3ccc(F)cc3)c(C)c(=O)n2c1. The Bertz CT molecular complexity index is 1390. The highest BCUT2D eigenvalue weighted by Crippen LogP contribution is 2.27. The fraction of sp³-hybridized carbons (Fsp3) is 0.160. The van der Waals surface area contributed by atoms with Gasteiger partial charge in [0.05, 0.1) is 17.3 Å². The molecule has 0 fully saturated rings. The minimum absolute atomic E-state index is 0.157. The maximum absolute atomic E-state index is 13.4. The van der Waals surface area contributed by atoms with Gasteiger partial charge < -0.3 is 10.4 Å². The molecule has 0 saturated heterocycles. The van der Waals surface area contributed by atoms with E-state index in [4.69, 9.17) is 4.98 Å². The van der Waals surface area contributed by atoms with E-state index < -0.39 is 5.97 Å². The lowest BCUT2D eigenvalue weighted by Crippen LogP contribution is -2.22. The van der Waals surface area contributed by atoms with Gasteiger partial charge in [-0.2, -0.15) is 0 Å². The van der Waals surface area contributed by atoms with Crippen LogP contribution in [-0.2, 0) is 0 Å². The van der Waals surface area contributed by atoms with Gasteiger partial charge in [-0.15, -0.1) is 0 Å². The molecular weight excluding hydrogens is 409 g/mol. The van der Waals surface area contributed by atoms with Crippen LogP contribution >= 0.6 is 0 Å². The van der Waals surface area contributed by atoms with Gasteiger partial charge in [0.25, 0.3) is 5.56 Å². The van der Waals surface area contributed by atoms with Gasteiger partial charge in [0.15, 0.2) is 0 Å². The van der Waals surface area contributed by atoms with Crippen LogP contribution in [-0.4, -0.2) is 20.5 Å². The molecule has 2 heterocycles. The monoisotopic (exact) mass is 431 g/mol. The van der Waals surface area contributed by atoms with Crippen molar-refractivity contribution >= 4 is 17.3 Å². The molecule has 2 aromatic heterocycles. The smallest absolute Gasteiger partial charge is 0.337 e. The number of hydrogen-bond acceptors (Lipinski definition) is 4. The molecule has 0 aliphatic carbocycles. The van der Waals surface area contributed by atoms with E-state index >= 15 is 0 Å². The summed E-state index contributed by atoms with van der Waals surface area (Å²) >= 11 is 0. The number of aromatic carboxylic acids is 1. The summed E-state index contributed by atoms with van der Waals surface area (Å²) in [4.78, 5) is 29.5. The molecule has 1 atom stereocenters. The number of carboxylic acid groups (broad SMARTS) is 1. The number of hydrogen-bond donors (Lipinski definition) is 2. The number of anilines is 1. The number of rotatable bonds is 5. The van der Waals surface area contributed by atoms with Crippen LogP contribution in [0.5, 0.6) is 0 Å². The molecule has 0 radical (unpaired) electrons. The topological polar surface area (TPSA) is 83.7 Å². The highest BCUT2D eigenvalue weighted by atomic mass is 19.1. The normalized spacial score (nSPS) is 12.0. The molecule has 0 amide bonds. The zero-order valence-electron chi connectivity index (χ0n) is 17.9. The van der Waals surface area contributed by atoms with E-state index in [1.165, 1.54) is 22.6 Å². The van der Waals surface area contributed by atoms with E-state index in [1.54, 1.807) is 43.5 Å². The first kappa shape index (κ1) is 21.2. The number of fused-ring (bicyclic) bond motifs is 1. The molecule has 0 saturated carbocycles. The van der Waals surface area contributed by atoms with Crippen LogP contribution in [0.3, 0.4) is 0 Å². The van der Waals surface area contributed by atoms with Crippen molar-refractivity contribution in [3.63, 3.8) is 0 Å². The Morgan fingerprint density at radius 2 is 1.81 bits per heavy atom. The molecule has 0 aliphatic rings. The van der Waals surface area contributed by atoms with Crippen LogP contribution in [0, 0.1) is 19.7 Å². The van der Waals surface area contributed by atoms with E-state index in [0.29, 0.717) is 28.2 Å². The number of halogens is 1. The zero-order valence-corrected chi connectivity index (χ0v) is 17.9. The molecule has 1 unspecified atom stereocenters. The van der Waals surface area contributed by atoms with Gasteiger partial charge in [-0.3, -0.25) is 9.20 Å². The summed E-state index contributed by atoms with van der Waals surface area (Å²) in [6, 6.07) is 14.1. The highest BCUT2D eigenvalue weighted by molar-refractivity contribution is 5.94. The summed E-state index contributed by atoms with van der Waals surface area (Å²) in [7, 11) is 0. The van der Waals surface area contributed by atoms with Crippen LogP contribution in [0.4, 0.5) is 10.1 Å². The Kier molecular flexibility index (Phi) is 5.48. The van der Waals surface area contributed by atoms with Crippen LogP contribution in [0.25, 0.3) is 16.9 Å². The molecule has 4 aromatic rings. The van der Waals surface area contributed by atoms with Gasteiger partial charge in [-0.25, -0.2) is 14.2 Å². The number of aryl methyl sites for hydroxylation is 1. The molecule has 162 valence electrons. The molecule has 0 bridgehead atoms. The molecule has 32 heavy (non-hydrogen) atoms. The summed E-state index contributed by atoms with van der Waals surface area (Å²) in [5.74, 6) is -1.40. The number of para-hydroxylation sites is 1. The number of pyridine rings is 1. The molecule has 0 spiro atoms. The summed E-state index contributed by atoms with van der Waals surface area (Å²) < 4.78 is 14.9. The molecular formula is C25H22FN3O3. The Morgan fingerprint density at radius 3 is 2.50 bits per heavy atom. The van der Waals surface area contributed by atoms with Crippen molar-refractivity contribution in [2.45, 2.75) is 26.8 Å². The average molecular weight is 431 g/mol.